The molecule has 19 heavy (non-hydrogen) atoms. The summed E-state index contributed by atoms with van der Waals surface area (Å²) in [6, 6.07) is 0. The third-order valence-corrected chi connectivity index (χ3v) is 5.34. The van der Waals surface area contributed by atoms with Crippen molar-refractivity contribution in [2.45, 2.75) is 46.1 Å². The van der Waals surface area contributed by atoms with Crippen molar-refractivity contribution in [1.29, 1.82) is 0 Å². The number of cyclic esters (lactones) is 1. The molecule has 0 bridgehead atoms. The summed E-state index contributed by atoms with van der Waals surface area (Å²) >= 11 is 0. The van der Waals surface area contributed by atoms with Gasteiger partial charge in [-0.3, -0.25) is 4.79 Å². The largest absolute Gasteiger partial charge is 0.478 e. The Balaban J connectivity index is 2.08. The van der Waals surface area contributed by atoms with Crippen LogP contribution >= 0.6 is 0 Å². The number of allylic oxidation sites excluding steroid dienone is 1. The van der Waals surface area contributed by atoms with Gasteiger partial charge in [0.25, 0.3) is 0 Å². The highest BCUT2D eigenvalue weighted by Crippen LogP contribution is 2.66. The molecule has 1 saturated heterocycles. The molecule has 4 nitrogen and oxygen atoms in total. The quantitative estimate of drug-likeness (QED) is 0.739. The number of rotatable bonds is 1. The van der Waals surface area contributed by atoms with Gasteiger partial charge in [-0.25, -0.2) is 4.79 Å². The van der Waals surface area contributed by atoms with E-state index in [4.69, 9.17) is 4.74 Å². The first-order chi connectivity index (χ1) is 8.76. The van der Waals surface area contributed by atoms with E-state index in [0.29, 0.717) is 5.57 Å². The number of esters is 1. The number of carbonyl (C=O) groups is 2. The van der Waals surface area contributed by atoms with Crippen LogP contribution in [0.3, 0.4) is 0 Å². The molecule has 0 unspecified atom stereocenters. The minimum atomic E-state index is -0.876. The van der Waals surface area contributed by atoms with Crippen LogP contribution in [0.4, 0.5) is 0 Å². The zero-order valence-corrected chi connectivity index (χ0v) is 11.6. The van der Waals surface area contributed by atoms with E-state index < -0.39 is 5.97 Å². The molecule has 3 rings (SSSR count). The maximum atomic E-state index is 11.7. The van der Waals surface area contributed by atoms with E-state index in [1.165, 1.54) is 0 Å². The Morgan fingerprint density at radius 1 is 1.47 bits per heavy atom. The molecular weight excluding hydrogens is 244 g/mol. The van der Waals surface area contributed by atoms with Crippen molar-refractivity contribution in [2.24, 2.45) is 22.7 Å². The summed E-state index contributed by atoms with van der Waals surface area (Å²) in [5, 5.41) is 9.39. The van der Waals surface area contributed by atoms with Gasteiger partial charge in [0, 0.05) is 16.9 Å². The maximum absolute atomic E-state index is 11.7. The van der Waals surface area contributed by atoms with E-state index in [-0.39, 0.29) is 41.2 Å². The molecule has 1 spiro atoms. The normalized spacial score (nSPS) is 43.2. The fraction of sp³-hybridized carbons (Fsp3) is 0.733. The summed E-state index contributed by atoms with van der Waals surface area (Å²) < 4.78 is 5.46. The third-order valence-electron chi connectivity index (χ3n) is 5.34. The zero-order chi connectivity index (χ0) is 14.0. The fourth-order valence-corrected chi connectivity index (χ4v) is 4.81. The van der Waals surface area contributed by atoms with Gasteiger partial charge in [-0.2, -0.15) is 0 Å². The molecule has 4 heteroatoms. The molecule has 1 heterocycles. The van der Waals surface area contributed by atoms with E-state index in [1.807, 2.05) is 13.0 Å². The molecule has 4 atom stereocenters. The van der Waals surface area contributed by atoms with Crippen LogP contribution in [0.2, 0.25) is 0 Å². The van der Waals surface area contributed by atoms with Gasteiger partial charge in [0.2, 0.25) is 0 Å². The van der Waals surface area contributed by atoms with Crippen LogP contribution in [0.5, 0.6) is 0 Å². The van der Waals surface area contributed by atoms with E-state index in [2.05, 4.69) is 13.8 Å². The van der Waals surface area contributed by atoms with Crippen LogP contribution in [0.25, 0.3) is 0 Å². The molecule has 0 radical (unpaired) electrons. The van der Waals surface area contributed by atoms with Crippen LogP contribution in [-0.2, 0) is 14.3 Å². The average molecular weight is 264 g/mol. The van der Waals surface area contributed by atoms with Gasteiger partial charge in [0.1, 0.15) is 6.10 Å². The second-order valence-corrected chi connectivity index (χ2v) is 7.08. The first-order valence-electron chi connectivity index (χ1n) is 6.91. The molecule has 3 aliphatic rings. The molecule has 1 saturated carbocycles. The molecule has 1 N–H and O–H groups in total. The molecule has 2 fully saturated rings. The van der Waals surface area contributed by atoms with Crippen LogP contribution in [-0.4, -0.2) is 23.1 Å². The molecule has 0 amide bonds. The lowest BCUT2D eigenvalue weighted by atomic mass is 9.64. The number of carboxylic acids is 1. The Hall–Kier alpha value is -1.32. The van der Waals surface area contributed by atoms with Gasteiger partial charge in [-0.1, -0.05) is 19.9 Å². The van der Waals surface area contributed by atoms with E-state index >= 15 is 0 Å². The highest BCUT2D eigenvalue weighted by molar-refractivity contribution is 5.90. The van der Waals surface area contributed by atoms with Crippen LogP contribution in [0, 0.1) is 22.7 Å². The summed E-state index contributed by atoms with van der Waals surface area (Å²) in [5.74, 6) is -1.09. The predicted molar refractivity (Wildman–Crippen MR) is 68.3 cm³/mol. The van der Waals surface area contributed by atoms with Crippen molar-refractivity contribution < 1.29 is 19.4 Å². The van der Waals surface area contributed by atoms with E-state index in [1.54, 1.807) is 0 Å². The Kier molecular flexibility index (Phi) is 2.42. The fourth-order valence-electron chi connectivity index (χ4n) is 4.81. The van der Waals surface area contributed by atoms with Crippen molar-refractivity contribution in [1.82, 2.24) is 0 Å². The van der Waals surface area contributed by atoms with E-state index in [9.17, 15) is 14.7 Å². The Morgan fingerprint density at radius 2 is 2.16 bits per heavy atom. The van der Waals surface area contributed by atoms with Crippen LogP contribution in [0.1, 0.15) is 40.0 Å². The standard InChI is InChI=1S/C15H20O4/c1-8-15-7-14(2,3)6-9(15)4-10(13(17)18)11(15)5-12(16)19-8/h4,8-9,11H,5-7H2,1-3H3,(H,17,18)/t8-,9+,11-,15+/m0/s1. The molecular formula is C15H20O4. The number of hydrogen-bond acceptors (Lipinski definition) is 3. The molecule has 0 aromatic heterocycles. The lowest BCUT2D eigenvalue weighted by Gasteiger charge is -2.45. The monoisotopic (exact) mass is 264 g/mol. The summed E-state index contributed by atoms with van der Waals surface area (Å²) in [7, 11) is 0. The Morgan fingerprint density at radius 3 is 2.79 bits per heavy atom. The number of carbonyl (C=O) groups excluding carboxylic acids is 1. The third kappa shape index (κ3) is 1.58. The smallest absolute Gasteiger partial charge is 0.331 e. The minimum Gasteiger partial charge on any atom is -0.478 e. The average Bonchev–Trinajstić information content (AvgIpc) is 2.68. The number of aliphatic carboxylic acids is 1. The minimum absolute atomic E-state index is 0.173. The van der Waals surface area contributed by atoms with Crippen molar-refractivity contribution in [3.63, 3.8) is 0 Å². The van der Waals surface area contributed by atoms with E-state index in [0.717, 1.165) is 12.8 Å². The lowest BCUT2D eigenvalue weighted by molar-refractivity contribution is -0.172. The van der Waals surface area contributed by atoms with Gasteiger partial charge in [0.15, 0.2) is 0 Å². The topological polar surface area (TPSA) is 63.6 Å². The maximum Gasteiger partial charge on any atom is 0.331 e. The van der Waals surface area contributed by atoms with Crippen molar-refractivity contribution >= 4 is 11.9 Å². The van der Waals surface area contributed by atoms with Crippen molar-refractivity contribution in [2.75, 3.05) is 0 Å². The van der Waals surface area contributed by atoms with Crippen molar-refractivity contribution in [3.05, 3.63) is 11.6 Å². The second-order valence-electron chi connectivity index (χ2n) is 7.08. The zero-order valence-electron chi connectivity index (χ0n) is 11.6. The summed E-state index contributed by atoms with van der Waals surface area (Å²) in [4.78, 5) is 23.1. The molecule has 1 aliphatic heterocycles. The van der Waals surface area contributed by atoms with Gasteiger partial charge in [-0.15, -0.1) is 0 Å². The lowest BCUT2D eigenvalue weighted by Crippen LogP contribution is -2.48. The summed E-state index contributed by atoms with van der Waals surface area (Å²) in [5.41, 5.74) is 0.427. The van der Waals surface area contributed by atoms with Crippen LogP contribution < -0.4 is 0 Å². The second kappa shape index (κ2) is 3.62. The number of ether oxygens (including phenoxy) is 1. The highest BCUT2D eigenvalue weighted by Gasteiger charge is 2.64. The first kappa shape index (κ1) is 12.7. The predicted octanol–water partition coefficient (Wildman–Crippen LogP) is 2.39. The number of hydrogen-bond donors (Lipinski definition) is 1. The molecule has 0 aromatic rings. The number of carboxylic acid groups (broad SMARTS) is 1. The molecule has 2 aliphatic carbocycles. The van der Waals surface area contributed by atoms with Gasteiger partial charge >= 0.3 is 11.9 Å². The molecule has 0 aromatic carbocycles. The first-order valence-corrected chi connectivity index (χ1v) is 6.91. The van der Waals surface area contributed by atoms with Gasteiger partial charge < -0.3 is 9.84 Å². The van der Waals surface area contributed by atoms with Gasteiger partial charge in [-0.05, 0) is 31.1 Å². The van der Waals surface area contributed by atoms with Gasteiger partial charge in [0.05, 0.1) is 6.42 Å². The van der Waals surface area contributed by atoms with Crippen LogP contribution in [0.15, 0.2) is 11.6 Å². The Labute approximate surface area is 112 Å². The highest BCUT2D eigenvalue weighted by atomic mass is 16.5. The van der Waals surface area contributed by atoms with Crippen molar-refractivity contribution in [3.8, 4) is 0 Å². The molecule has 104 valence electrons. The SMILES string of the molecule is C[C@@H]1OC(=O)C[C@H]2C(C(=O)O)=C[C@@H]3CC(C)(C)C[C@]312. The summed E-state index contributed by atoms with van der Waals surface area (Å²) in [6.07, 6.45) is 3.83. The summed E-state index contributed by atoms with van der Waals surface area (Å²) in [6.45, 7) is 6.36. The Bertz CT molecular complexity index is 490.